The summed E-state index contributed by atoms with van der Waals surface area (Å²) in [6.45, 7) is 3.23. The van der Waals surface area contributed by atoms with E-state index in [2.05, 4.69) is 15.1 Å². The van der Waals surface area contributed by atoms with Crippen molar-refractivity contribution in [2.24, 2.45) is 0 Å². The molecule has 0 spiro atoms. The van der Waals surface area contributed by atoms with Crippen molar-refractivity contribution >= 4 is 33.0 Å². The van der Waals surface area contributed by atoms with Crippen molar-refractivity contribution in [3.8, 4) is 0 Å². The van der Waals surface area contributed by atoms with Gasteiger partial charge in [0.2, 0.25) is 10.0 Å². The van der Waals surface area contributed by atoms with Crippen molar-refractivity contribution in [1.82, 2.24) is 19.4 Å². The fourth-order valence-corrected chi connectivity index (χ4v) is 4.77. The number of rotatable bonds is 4. The molecular formula is C12H15ClN4O2S2. The van der Waals surface area contributed by atoms with Gasteiger partial charge in [0.05, 0.1) is 10.5 Å². The first-order chi connectivity index (χ1) is 10.1. The second-order valence-corrected chi connectivity index (χ2v) is 8.56. The smallest absolute Gasteiger partial charge is 0.246 e. The number of nitrogens with one attached hydrogen (secondary N) is 1. The largest absolute Gasteiger partial charge is 0.296 e. The third kappa shape index (κ3) is 3.29. The maximum atomic E-state index is 12.3. The van der Waals surface area contributed by atoms with E-state index in [1.165, 1.54) is 21.6 Å². The molecule has 1 saturated heterocycles. The van der Waals surface area contributed by atoms with Crippen LogP contribution in [0.5, 0.6) is 0 Å². The van der Waals surface area contributed by atoms with Gasteiger partial charge in [0.25, 0.3) is 0 Å². The number of aromatic nitrogens is 2. The molecule has 3 rings (SSSR count). The van der Waals surface area contributed by atoms with Crippen LogP contribution in [0.1, 0.15) is 4.88 Å². The van der Waals surface area contributed by atoms with Crippen LogP contribution in [0, 0.1) is 0 Å². The number of hydrogen-bond acceptors (Lipinski definition) is 5. The normalized spacial score (nSPS) is 18.1. The van der Waals surface area contributed by atoms with Crippen LogP contribution in [-0.4, -0.2) is 54.0 Å². The summed E-state index contributed by atoms with van der Waals surface area (Å²) in [6, 6.07) is 3.91. The first-order valence-electron chi connectivity index (χ1n) is 6.51. The molecule has 3 heterocycles. The first-order valence-corrected chi connectivity index (χ1v) is 9.14. The Hall–Kier alpha value is -0.930. The van der Waals surface area contributed by atoms with Gasteiger partial charge in [0.1, 0.15) is 4.90 Å². The summed E-state index contributed by atoms with van der Waals surface area (Å²) >= 11 is 7.49. The Balaban J connectivity index is 1.60. The fourth-order valence-electron chi connectivity index (χ4n) is 2.31. The maximum absolute atomic E-state index is 12.3. The van der Waals surface area contributed by atoms with Crippen LogP contribution in [0.15, 0.2) is 29.4 Å². The zero-order chi connectivity index (χ0) is 14.9. The van der Waals surface area contributed by atoms with Crippen LogP contribution < -0.4 is 0 Å². The quantitative estimate of drug-likeness (QED) is 0.913. The van der Waals surface area contributed by atoms with E-state index in [9.17, 15) is 8.42 Å². The maximum Gasteiger partial charge on any atom is 0.246 e. The Bertz CT molecular complexity index is 691. The molecule has 2 aromatic rings. The minimum Gasteiger partial charge on any atom is -0.296 e. The van der Waals surface area contributed by atoms with Crippen LogP contribution in [0.25, 0.3) is 0 Å². The number of aromatic amines is 1. The third-order valence-corrected chi connectivity index (χ3v) is 6.53. The van der Waals surface area contributed by atoms with Gasteiger partial charge >= 0.3 is 0 Å². The lowest BCUT2D eigenvalue weighted by Crippen LogP contribution is -2.48. The molecule has 21 heavy (non-hydrogen) atoms. The molecule has 1 fully saturated rings. The molecular weight excluding hydrogens is 332 g/mol. The van der Waals surface area contributed by atoms with E-state index in [-0.39, 0.29) is 4.90 Å². The molecule has 1 N–H and O–H groups in total. The standard InChI is InChI=1S/C12H15ClN4O2S2/c13-12-2-1-10(20-12)9-16-3-5-17(6-4-16)21(18,19)11-7-14-15-8-11/h1-2,7-8H,3-6,9H2,(H,14,15). The van der Waals surface area contributed by atoms with Crippen molar-refractivity contribution in [3.63, 3.8) is 0 Å². The third-order valence-electron chi connectivity index (χ3n) is 3.45. The zero-order valence-electron chi connectivity index (χ0n) is 11.2. The number of piperazine rings is 1. The lowest BCUT2D eigenvalue weighted by molar-refractivity contribution is 0.183. The molecule has 2 aromatic heterocycles. The predicted molar refractivity (Wildman–Crippen MR) is 82.0 cm³/mol. The highest BCUT2D eigenvalue weighted by Gasteiger charge is 2.29. The van der Waals surface area contributed by atoms with E-state index < -0.39 is 10.0 Å². The first kappa shape index (κ1) is 15.0. The minimum absolute atomic E-state index is 0.223. The summed E-state index contributed by atoms with van der Waals surface area (Å²) < 4.78 is 27.0. The van der Waals surface area contributed by atoms with Gasteiger partial charge in [-0.15, -0.1) is 11.3 Å². The monoisotopic (exact) mass is 346 g/mol. The second-order valence-electron chi connectivity index (χ2n) is 4.82. The van der Waals surface area contributed by atoms with Crippen molar-refractivity contribution in [2.45, 2.75) is 11.4 Å². The number of thiophene rings is 1. The van der Waals surface area contributed by atoms with Crippen LogP contribution in [0.3, 0.4) is 0 Å². The summed E-state index contributed by atoms with van der Waals surface area (Å²) in [5.41, 5.74) is 0. The van der Waals surface area contributed by atoms with E-state index in [0.717, 1.165) is 10.9 Å². The van der Waals surface area contributed by atoms with E-state index in [1.807, 2.05) is 12.1 Å². The predicted octanol–water partition coefficient (Wildman–Crippen LogP) is 1.63. The van der Waals surface area contributed by atoms with Crippen molar-refractivity contribution in [3.05, 3.63) is 33.7 Å². The fraction of sp³-hybridized carbons (Fsp3) is 0.417. The van der Waals surface area contributed by atoms with E-state index in [1.54, 1.807) is 11.3 Å². The molecule has 0 amide bonds. The van der Waals surface area contributed by atoms with Crippen LogP contribution in [-0.2, 0) is 16.6 Å². The Labute approximate surface area is 132 Å². The summed E-state index contributed by atoms with van der Waals surface area (Å²) in [4.78, 5) is 3.66. The van der Waals surface area contributed by atoms with Crippen LogP contribution in [0.2, 0.25) is 4.34 Å². The number of nitrogens with zero attached hydrogens (tertiary/aromatic N) is 3. The molecule has 1 aliphatic heterocycles. The Morgan fingerprint density at radius 3 is 2.62 bits per heavy atom. The van der Waals surface area contributed by atoms with Gasteiger partial charge in [-0.3, -0.25) is 10.00 Å². The highest BCUT2D eigenvalue weighted by molar-refractivity contribution is 7.89. The lowest BCUT2D eigenvalue weighted by Gasteiger charge is -2.33. The molecule has 0 aliphatic carbocycles. The topological polar surface area (TPSA) is 69.3 Å². The van der Waals surface area contributed by atoms with Gasteiger partial charge in [0, 0.05) is 43.8 Å². The molecule has 0 atom stereocenters. The van der Waals surface area contributed by atoms with E-state index in [0.29, 0.717) is 26.2 Å². The summed E-state index contributed by atoms with van der Waals surface area (Å²) in [5.74, 6) is 0. The lowest BCUT2D eigenvalue weighted by atomic mass is 10.3. The van der Waals surface area contributed by atoms with E-state index in [4.69, 9.17) is 11.6 Å². The number of H-pyrrole nitrogens is 1. The molecule has 6 nitrogen and oxygen atoms in total. The van der Waals surface area contributed by atoms with Gasteiger partial charge in [-0.1, -0.05) is 11.6 Å². The number of hydrogen-bond donors (Lipinski definition) is 1. The summed E-state index contributed by atoms with van der Waals surface area (Å²) in [5, 5.41) is 6.25. The molecule has 0 bridgehead atoms. The summed E-state index contributed by atoms with van der Waals surface area (Å²) in [7, 11) is -3.42. The molecule has 0 radical (unpaired) electrons. The van der Waals surface area contributed by atoms with Gasteiger partial charge in [-0.2, -0.15) is 9.40 Å². The molecule has 0 saturated carbocycles. The van der Waals surface area contributed by atoms with Crippen molar-refractivity contribution in [1.29, 1.82) is 0 Å². The van der Waals surface area contributed by atoms with Crippen molar-refractivity contribution in [2.75, 3.05) is 26.2 Å². The molecule has 114 valence electrons. The second kappa shape index (κ2) is 6.05. The van der Waals surface area contributed by atoms with E-state index >= 15 is 0 Å². The summed E-state index contributed by atoms with van der Waals surface area (Å²) in [6.07, 6.45) is 2.75. The Morgan fingerprint density at radius 1 is 1.29 bits per heavy atom. The highest BCUT2D eigenvalue weighted by Crippen LogP contribution is 2.23. The Morgan fingerprint density at radius 2 is 2.05 bits per heavy atom. The number of halogens is 1. The average Bonchev–Trinajstić information content (AvgIpc) is 3.11. The van der Waals surface area contributed by atoms with Gasteiger partial charge < -0.3 is 0 Å². The average molecular weight is 347 g/mol. The van der Waals surface area contributed by atoms with Crippen LogP contribution >= 0.6 is 22.9 Å². The zero-order valence-corrected chi connectivity index (χ0v) is 13.6. The molecule has 9 heteroatoms. The number of sulfonamides is 1. The van der Waals surface area contributed by atoms with Gasteiger partial charge in [-0.25, -0.2) is 8.42 Å². The van der Waals surface area contributed by atoms with Crippen LogP contribution in [0.4, 0.5) is 0 Å². The Kier molecular flexibility index (Phi) is 4.32. The van der Waals surface area contributed by atoms with Gasteiger partial charge in [0.15, 0.2) is 0 Å². The minimum atomic E-state index is -3.42. The SMILES string of the molecule is O=S(=O)(c1cn[nH]c1)N1CCN(Cc2ccc(Cl)s2)CC1. The molecule has 1 aliphatic rings. The molecule has 0 aromatic carbocycles. The molecule has 0 unspecified atom stereocenters. The highest BCUT2D eigenvalue weighted by atomic mass is 35.5. The van der Waals surface area contributed by atoms with Crippen molar-refractivity contribution < 1.29 is 8.42 Å². The van der Waals surface area contributed by atoms with Gasteiger partial charge in [-0.05, 0) is 12.1 Å².